The number of carbonyl (C=O) groups is 2. The zero-order valence-electron chi connectivity index (χ0n) is 15.5. The Kier molecular flexibility index (Phi) is 8.30. The summed E-state index contributed by atoms with van der Waals surface area (Å²) in [6, 6.07) is 6.96. The third-order valence-electron chi connectivity index (χ3n) is 3.48. The molecule has 0 unspecified atom stereocenters. The largest absolute Gasteiger partial charge is 0.497 e. The molecule has 0 fully saturated rings. The van der Waals surface area contributed by atoms with Crippen molar-refractivity contribution in [2.75, 3.05) is 26.7 Å². The van der Waals surface area contributed by atoms with E-state index >= 15 is 0 Å². The Hall–Kier alpha value is -2.04. The molecule has 2 amide bonds. The Balaban J connectivity index is 2.51. The number of carbonyl (C=O) groups excluding carboxylic acids is 2. The number of hydrogen-bond acceptors (Lipinski definition) is 3. The average Bonchev–Trinajstić information content (AvgIpc) is 2.53. The molecule has 0 radical (unpaired) electrons. The molecule has 24 heavy (non-hydrogen) atoms. The van der Waals surface area contributed by atoms with Crippen LogP contribution < -0.4 is 10.1 Å². The van der Waals surface area contributed by atoms with E-state index in [0.29, 0.717) is 36.1 Å². The molecule has 5 heteroatoms. The molecule has 1 rings (SSSR count). The summed E-state index contributed by atoms with van der Waals surface area (Å²) in [5.41, 5.74) is 0.531. The van der Waals surface area contributed by atoms with Gasteiger partial charge in [0.15, 0.2) is 0 Å². The number of benzene rings is 1. The van der Waals surface area contributed by atoms with Crippen molar-refractivity contribution in [2.24, 2.45) is 11.8 Å². The second-order valence-corrected chi connectivity index (χ2v) is 6.82. The summed E-state index contributed by atoms with van der Waals surface area (Å²) in [6.45, 7) is 10.2. The molecular formula is C19H30N2O3. The van der Waals surface area contributed by atoms with Crippen molar-refractivity contribution >= 4 is 11.8 Å². The quantitative estimate of drug-likeness (QED) is 0.755. The van der Waals surface area contributed by atoms with Gasteiger partial charge in [0.05, 0.1) is 7.11 Å². The highest BCUT2D eigenvalue weighted by Gasteiger charge is 2.16. The van der Waals surface area contributed by atoms with E-state index in [9.17, 15) is 9.59 Å². The van der Waals surface area contributed by atoms with Gasteiger partial charge < -0.3 is 15.0 Å². The van der Waals surface area contributed by atoms with Crippen LogP contribution in [0, 0.1) is 11.8 Å². The molecule has 1 aromatic carbocycles. The summed E-state index contributed by atoms with van der Waals surface area (Å²) < 4.78 is 5.11. The van der Waals surface area contributed by atoms with Gasteiger partial charge in [-0.15, -0.1) is 0 Å². The average molecular weight is 334 g/mol. The molecule has 0 spiro atoms. The SMILES string of the molecule is COc1cccc(C(=O)NCCC(=O)N(CC(C)C)CC(C)C)c1. The van der Waals surface area contributed by atoms with E-state index in [2.05, 4.69) is 33.0 Å². The lowest BCUT2D eigenvalue weighted by Gasteiger charge is -2.26. The van der Waals surface area contributed by atoms with Crippen LogP contribution >= 0.6 is 0 Å². The number of rotatable bonds is 9. The van der Waals surface area contributed by atoms with E-state index in [-0.39, 0.29) is 11.8 Å². The van der Waals surface area contributed by atoms with Crippen molar-refractivity contribution < 1.29 is 14.3 Å². The van der Waals surface area contributed by atoms with E-state index < -0.39 is 0 Å². The lowest BCUT2D eigenvalue weighted by molar-refractivity contribution is -0.132. The van der Waals surface area contributed by atoms with Crippen LogP contribution in [0.15, 0.2) is 24.3 Å². The third kappa shape index (κ3) is 7.02. The number of hydrogen-bond donors (Lipinski definition) is 1. The molecule has 0 heterocycles. The normalized spacial score (nSPS) is 10.8. The van der Waals surface area contributed by atoms with E-state index in [4.69, 9.17) is 4.74 Å². The first-order valence-corrected chi connectivity index (χ1v) is 8.53. The first kappa shape index (κ1) is 20.0. The number of nitrogens with one attached hydrogen (secondary N) is 1. The van der Waals surface area contributed by atoms with Crippen molar-refractivity contribution in [3.05, 3.63) is 29.8 Å². The molecule has 0 saturated heterocycles. The molecule has 134 valence electrons. The maximum Gasteiger partial charge on any atom is 0.251 e. The van der Waals surface area contributed by atoms with Crippen LogP contribution in [0.3, 0.4) is 0 Å². The summed E-state index contributed by atoms with van der Waals surface area (Å²) in [5.74, 6) is 1.39. The Labute approximate surface area is 145 Å². The molecule has 0 aliphatic heterocycles. The van der Waals surface area contributed by atoms with E-state index in [1.807, 2.05) is 4.90 Å². The van der Waals surface area contributed by atoms with Crippen LogP contribution in [0.4, 0.5) is 0 Å². The Morgan fingerprint density at radius 2 is 1.75 bits per heavy atom. The van der Waals surface area contributed by atoms with Gasteiger partial charge in [-0.25, -0.2) is 0 Å². The Morgan fingerprint density at radius 1 is 1.12 bits per heavy atom. The van der Waals surface area contributed by atoms with Crippen LogP contribution in [0.5, 0.6) is 5.75 Å². The van der Waals surface area contributed by atoms with Crippen molar-refractivity contribution in [3.8, 4) is 5.75 Å². The maximum absolute atomic E-state index is 12.4. The number of amides is 2. The predicted octanol–water partition coefficient (Wildman–Crippen LogP) is 2.96. The van der Waals surface area contributed by atoms with Crippen molar-refractivity contribution in [1.29, 1.82) is 0 Å². The fraction of sp³-hybridized carbons (Fsp3) is 0.579. The first-order chi connectivity index (χ1) is 11.3. The van der Waals surface area contributed by atoms with Gasteiger partial charge >= 0.3 is 0 Å². The first-order valence-electron chi connectivity index (χ1n) is 8.53. The molecule has 0 atom stereocenters. The van der Waals surface area contributed by atoms with Gasteiger partial charge in [0.25, 0.3) is 5.91 Å². The molecule has 0 aliphatic carbocycles. The standard InChI is InChI=1S/C19H30N2O3/c1-14(2)12-21(13-15(3)4)18(22)9-10-20-19(23)16-7-6-8-17(11-16)24-5/h6-8,11,14-15H,9-10,12-13H2,1-5H3,(H,20,23). The van der Waals surface area contributed by atoms with E-state index in [1.165, 1.54) is 0 Å². The summed E-state index contributed by atoms with van der Waals surface area (Å²) >= 11 is 0. The molecule has 5 nitrogen and oxygen atoms in total. The van der Waals surface area contributed by atoms with Crippen molar-refractivity contribution in [3.63, 3.8) is 0 Å². The molecule has 0 aromatic heterocycles. The minimum Gasteiger partial charge on any atom is -0.497 e. The number of ether oxygens (including phenoxy) is 1. The summed E-state index contributed by atoms with van der Waals surface area (Å²) in [4.78, 5) is 26.4. The highest BCUT2D eigenvalue weighted by atomic mass is 16.5. The van der Waals surface area contributed by atoms with Crippen LogP contribution in [0.2, 0.25) is 0 Å². The zero-order valence-corrected chi connectivity index (χ0v) is 15.5. The van der Waals surface area contributed by atoms with Gasteiger partial charge in [-0.05, 0) is 30.0 Å². The molecule has 1 N–H and O–H groups in total. The minimum atomic E-state index is -0.194. The summed E-state index contributed by atoms with van der Waals surface area (Å²) in [7, 11) is 1.56. The van der Waals surface area contributed by atoms with Gasteiger partial charge in [-0.1, -0.05) is 33.8 Å². The van der Waals surface area contributed by atoms with Crippen LogP contribution in [0.1, 0.15) is 44.5 Å². The lowest BCUT2D eigenvalue weighted by atomic mass is 10.1. The Bertz CT molecular complexity index is 531. The highest BCUT2D eigenvalue weighted by molar-refractivity contribution is 5.94. The second kappa shape index (κ2) is 9.96. The zero-order chi connectivity index (χ0) is 18.1. The third-order valence-corrected chi connectivity index (χ3v) is 3.48. The molecule has 0 aliphatic rings. The van der Waals surface area contributed by atoms with Gasteiger partial charge in [0.1, 0.15) is 5.75 Å². The smallest absolute Gasteiger partial charge is 0.251 e. The topological polar surface area (TPSA) is 58.6 Å². The fourth-order valence-electron chi connectivity index (χ4n) is 2.47. The maximum atomic E-state index is 12.4. The summed E-state index contributed by atoms with van der Waals surface area (Å²) in [5, 5.41) is 2.80. The van der Waals surface area contributed by atoms with Gasteiger partial charge in [-0.2, -0.15) is 0 Å². The molecule has 0 bridgehead atoms. The monoisotopic (exact) mass is 334 g/mol. The number of nitrogens with zero attached hydrogens (tertiary/aromatic N) is 1. The molecular weight excluding hydrogens is 304 g/mol. The minimum absolute atomic E-state index is 0.0864. The van der Waals surface area contributed by atoms with E-state index in [0.717, 1.165) is 13.1 Å². The Morgan fingerprint density at radius 3 is 2.29 bits per heavy atom. The lowest BCUT2D eigenvalue weighted by Crippen LogP contribution is -2.39. The van der Waals surface area contributed by atoms with Crippen LogP contribution in [-0.2, 0) is 4.79 Å². The molecule has 1 aromatic rings. The predicted molar refractivity (Wildman–Crippen MR) is 96.2 cm³/mol. The second-order valence-electron chi connectivity index (χ2n) is 6.82. The number of methoxy groups -OCH3 is 1. The van der Waals surface area contributed by atoms with Crippen LogP contribution in [-0.4, -0.2) is 43.5 Å². The molecule has 0 saturated carbocycles. The van der Waals surface area contributed by atoms with Crippen molar-refractivity contribution in [2.45, 2.75) is 34.1 Å². The van der Waals surface area contributed by atoms with E-state index in [1.54, 1.807) is 31.4 Å². The summed E-state index contributed by atoms with van der Waals surface area (Å²) in [6.07, 6.45) is 0.315. The van der Waals surface area contributed by atoms with Crippen molar-refractivity contribution in [1.82, 2.24) is 10.2 Å². The van der Waals surface area contributed by atoms with Gasteiger partial charge in [0.2, 0.25) is 5.91 Å². The van der Waals surface area contributed by atoms with Crippen LogP contribution in [0.25, 0.3) is 0 Å². The highest BCUT2D eigenvalue weighted by Crippen LogP contribution is 2.12. The van der Waals surface area contributed by atoms with Gasteiger partial charge in [-0.3, -0.25) is 9.59 Å². The fourth-order valence-corrected chi connectivity index (χ4v) is 2.47. The van der Waals surface area contributed by atoms with Gasteiger partial charge in [0, 0.05) is 31.6 Å².